The van der Waals surface area contributed by atoms with Crippen molar-refractivity contribution in [1.82, 2.24) is 0 Å². The van der Waals surface area contributed by atoms with Crippen molar-refractivity contribution in [2.75, 3.05) is 0 Å². The average Bonchev–Trinajstić information content (AvgIpc) is 2.64. The molecule has 0 bridgehead atoms. The van der Waals surface area contributed by atoms with Crippen molar-refractivity contribution in [3.63, 3.8) is 0 Å². The second-order valence-electron chi connectivity index (χ2n) is 9.31. The van der Waals surface area contributed by atoms with E-state index in [2.05, 4.69) is 94.5 Å². The standard InChI is InChI=1S/C24H35OPSi/c1-24(2,3)27(4,5)25-22-18-12-13-19-23(22)26(20-14-8-6-9-15-20)21-16-10-7-11-17-21/h6-11,14-17,22-23H,12-13,18-19H2,1-5H3/t22-,23-/m0/s1. The van der Waals surface area contributed by atoms with Crippen LogP contribution in [0.5, 0.6) is 0 Å². The van der Waals surface area contributed by atoms with Gasteiger partial charge in [0.2, 0.25) is 0 Å². The van der Waals surface area contributed by atoms with Gasteiger partial charge in [0.05, 0.1) is 6.10 Å². The van der Waals surface area contributed by atoms with Gasteiger partial charge in [0.1, 0.15) is 0 Å². The molecule has 1 aliphatic carbocycles. The van der Waals surface area contributed by atoms with Crippen molar-refractivity contribution in [3.05, 3.63) is 60.7 Å². The minimum Gasteiger partial charge on any atom is -0.413 e. The Morgan fingerprint density at radius 1 is 0.815 bits per heavy atom. The lowest BCUT2D eigenvalue weighted by atomic mass is 9.97. The van der Waals surface area contributed by atoms with Gasteiger partial charge < -0.3 is 4.43 Å². The predicted octanol–water partition coefficient (Wildman–Crippen LogP) is 6.45. The summed E-state index contributed by atoms with van der Waals surface area (Å²) in [7, 11) is -2.17. The molecule has 0 N–H and O–H groups in total. The average molecular weight is 399 g/mol. The van der Waals surface area contributed by atoms with Gasteiger partial charge in [-0.1, -0.05) is 94.3 Å². The molecule has 0 amide bonds. The first-order valence-corrected chi connectivity index (χ1v) is 14.7. The Morgan fingerprint density at radius 3 is 1.78 bits per heavy atom. The molecule has 27 heavy (non-hydrogen) atoms. The molecule has 0 saturated heterocycles. The molecule has 0 aliphatic heterocycles. The summed E-state index contributed by atoms with van der Waals surface area (Å²) in [6, 6.07) is 22.4. The summed E-state index contributed by atoms with van der Waals surface area (Å²) >= 11 is 0. The van der Waals surface area contributed by atoms with E-state index >= 15 is 0 Å². The first kappa shape index (κ1) is 20.8. The minimum absolute atomic E-state index is 0.261. The van der Waals surface area contributed by atoms with E-state index in [1.54, 1.807) is 0 Å². The van der Waals surface area contributed by atoms with Crippen molar-refractivity contribution in [3.8, 4) is 0 Å². The van der Waals surface area contributed by atoms with E-state index in [0.29, 0.717) is 11.8 Å². The molecule has 0 heterocycles. The maximum absolute atomic E-state index is 7.03. The monoisotopic (exact) mass is 398 g/mol. The number of rotatable bonds is 5. The third-order valence-electron chi connectivity index (χ3n) is 6.32. The van der Waals surface area contributed by atoms with Gasteiger partial charge in [0.25, 0.3) is 0 Å². The topological polar surface area (TPSA) is 9.23 Å². The van der Waals surface area contributed by atoms with Gasteiger partial charge in [-0.15, -0.1) is 0 Å². The van der Waals surface area contributed by atoms with Crippen LogP contribution < -0.4 is 10.6 Å². The van der Waals surface area contributed by atoms with E-state index in [1.807, 2.05) is 0 Å². The first-order valence-electron chi connectivity index (χ1n) is 10.4. The molecule has 1 fully saturated rings. The summed E-state index contributed by atoms with van der Waals surface area (Å²) in [6.07, 6.45) is 5.54. The molecule has 1 aliphatic rings. The van der Waals surface area contributed by atoms with Crippen LogP contribution in [0.2, 0.25) is 18.1 Å². The Balaban J connectivity index is 1.96. The summed E-state index contributed by atoms with van der Waals surface area (Å²) in [6.45, 7) is 11.9. The fraction of sp³-hybridized carbons (Fsp3) is 0.500. The third kappa shape index (κ3) is 4.91. The van der Waals surface area contributed by atoms with Crippen LogP contribution in [0.1, 0.15) is 46.5 Å². The summed E-state index contributed by atoms with van der Waals surface area (Å²) in [5.41, 5.74) is 0.618. The number of benzene rings is 2. The largest absolute Gasteiger partial charge is 0.413 e. The Kier molecular flexibility index (Phi) is 6.61. The molecule has 1 saturated carbocycles. The van der Waals surface area contributed by atoms with Crippen LogP contribution >= 0.6 is 7.92 Å². The van der Waals surface area contributed by atoms with Gasteiger partial charge >= 0.3 is 0 Å². The van der Waals surface area contributed by atoms with E-state index in [9.17, 15) is 0 Å². The molecule has 3 rings (SSSR count). The highest BCUT2D eigenvalue weighted by Gasteiger charge is 2.43. The molecule has 2 aromatic rings. The molecule has 3 heteroatoms. The lowest BCUT2D eigenvalue weighted by Gasteiger charge is -2.45. The van der Waals surface area contributed by atoms with Gasteiger partial charge in [-0.25, -0.2) is 0 Å². The zero-order valence-electron chi connectivity index (χ0n) is 17.6. The number of hydrogen-bond donors (Lipinski definition) is 0. The smallest absolute Gasteiger partial charge is 0.192 e. The molecule has 0 spiro atoms. The maximum Gasteiger partial charge on any atom is 0.192 e. The third-order valence-corrected chi connectivity index (χ3v) is 13.8. The van der Waals surface area contributed by atoms with Crippen molar-refractivity contribution >= 4 is 26.8 Å². The molecule has 0 radical (unpaired) electrons. The van der Waals surface area contributed by atoms with Crippen LogP contribution in [0.25, 0.3) is 0 Å². The van der Waals surface area contributed by atoms with Crippen molar-refractivity contribution in [1.29, 1.82) is 0 Å². The summed E-state index contributed by atoms with van der Waals surface area (Å²) < 4.78 is 7.03. The number of hydrogen-bond acceptors (Lipinski definition) is 1. The van der Waals surface area contributed by atoms with E-state index in [4.69, 9.17) is 4.43 Å². The van der Waals surface area contributed by atoms with Crippen molar-refractivity contribution in [2.45, 2.75) is 76.3 Å². The zero-order chi connectivity index (χ0) is 19.5. The van der Waals surface area contributed by atoms with Gasteiger partial charge in [0.15, 0.2) is 8.32 Å². The predicted molar refractivity (Wildman–Crippen MR) is 123 cm³/mol. The maximum atomic E-state index is 7.03. The van der Waals surface area contributed by atoms with Crippen LogP contribution in [-0.2, 0) is 4.43 Å². The van der Waals surface area contributed by atoms with E-state index in [-0.39, 0.29) is 5.04 Å². The summed E-state index contributed by atoms with van der Waals surface area (Å²) in [5.74, 6) is 0. The second kappa shape index (κ2) is 8.60. The Bertz CT molecular complexity index is 669. The minimum atomic E-state index is -1.77. The van der Waals surface area contributed by atoms with E-state index in [0.717, 1.165) is 0 Å². The quantitative estimate of drug-likeness (QED) is 0.415. The Hall–Kier alpha value is -0.953. The van der Waals surface area contributed by atoms with Gasteiger partial charge in [-0.2, -0.15) is 0 Å². The summed E-state index contributed by atoms with van der Waals surface area (Å²) in [5, 5.41) is 3.25. The van der Waals surface area contributed by atoms with Crippen LogP contribution in [0.4, 0.5) is 0 Å². The van der Waals surface area contributed by atoms with Crippen LogP contribution in [0.3, 0.4) is 0 Å². The lowest BCUT2D eigenvalue weighted by Crippen LogP contribution is -2.48. The molecule has 0 unspecified atom stereocenters. The highest BCUT2D eigenvalue weighted by Crippen LogP contribution is 2.49. The highest BCUT2D eigenvalue weighted by molar-refractivity contribution is 7.73. The lowest BCUT2D eigenvalue weighted by molar-refractivity contribution is 0.143. The first-order chi connectivity index (χ1) is 12.8. The molecule has 0 aromatic heterocycles. The van der Waals surface area contributed by atoms with Crippen LogP contribution in [0, 0.1) is 0 Å². The van der Waals surface area contributed by atoms with Gasteiger partial charge in [-0.05, 0) is 49.5 Å². The fourth-order valence-electron chi connectivity index (χ4n) is 3.77. The molecule has 1 nitrogen and oxygen atoms in total. The van der Waals surface area contributed by atoms with E-state index in [1.165, 1.54) is 36.3 Å². The molecule has 146 valence electrons. The highest BCUT2D eigenvalue weighted by atomic mass is 31.1. The van der Waals surface area contributed by atoms with Gasteiger partial charge in [-0.3, -0.25) is 0 Å². The summed E-state index contributed by atoms with van der Waals surface area (Å²) in [4.78, 5) is 0. The Labute approximate surface area is 168 Å². The van der Waals surface area contributed by atoms with Crippen LogP contribution in [0.15, 0.2) is 60.7 Å². The van der Waals surface area contributed by atoms with Crippen molar-refractivity contribution < 1.29 is 4.43 Å². The fourth-order valence-corrected chi connectivity index (χ4v) is 8.32. The zero-order valence-corrected chi connectivity index (χ0v) is 19.5. The van der Waals surface area contributed by atoms with E-state index < -0.39 is 16.2 Å². The SMILES string of the molecule is CC(C)(C)[Si](C)(C)O[C@H]1CCCC[C@@H]1P(c1ccccc1)c1ccccc1. The molecule has 2 atom stereocenters. The van der Waals surface area contributed by atoms with Gasteiger partial charge in [0, 0.05) is 5.66 Å². The molecular formula is C24H35OPSi. The normalized spacial score (nSPS) is 21.4. The molecule has 2 aromatic carbocycles. The van der Waals surface area contributed by atoms with Crippen molar-refractivity contribution in [2.24, 2.45) is 0 Å². The molecular weight excluding hydrogens is 363 g/mol. The van der Waals surface area contributed by atoms with Crippen LogP contribution in [-0.4, -0.2) is 20.1 Å². The Morgan fingerprint density at radius 2 is 1.30 bits per heavy atom. The second-order valence-corrected chi connectivity index (χ2v) is 16.5.